The minimum absolute atomic E-state index is 0.156. The maximum Gasteiger partial charge on any atom is 0.231 e. The Kier molecular flexibility index (Phi) is 5.54. The molecule has 31 heavy (non-hydrogen) atoms. The summed E-state index contributed by atoms with van der Waals surface area (Å²) in [6.07, 6.45) is 1.69. The van der Waals surface area contributed by atoms with E-state index in [4.69, 9.17) is 23.7 Å². The highest BCUT2D eigenvalue weighted by Crippen LogP contribution is 2.44. The van der Waals surface area contributed by atoms with Crippen molar-refractivity contribution in [2.45, 2.75) is 33.4 Å². The van der Waals surface area contributed by atoms with E-state index in [1.165, 1.54) is 0 Å². The predicted molar refractivity (Wildman–Crippen MR) is 116 cm³/mol. The van der Waals surface area contributed by atoms with Crippen molar-refractivity contribution < 1.29 is 28.5 Å². The molecule has 0 aromatic heterocycles. The lowest BCUT2D eigenvalue weighted by Gasteiger charge is -2.32. The average molecular weight is 425 g/mol. The van der Waals surface area contributed by atoms with Crippen LogP contribution in [0.2, 0.25) is 0 Å². The lowest BCUT2D eigenvalue weighted by molar-refractivity contribution is 0.0678. The quantitative estimate of drug-likeness (QED) is 0.665. The monoisotopic (exact) mass is 425 g/mol. The molecule has 0 amide bonds. The zero-order valence-corrected chi connectivity index (χ0v) is 18.7. The van der Waals surface area contributed by atoms with Crippen molar-refractivity contribution in [1.29, 1.82) is 0 Å². The predicted octanol–water partition coefficient (Wildman–Crippen LogP) is 4.20. The lowest BCUT2D eigenvalue weighted by Crippen LogP contribution is -2.37. The molecule has 0 saturated heterocycles. The zero-order chi connectivity index (χ0) is 22.3. The Morgan fingerprint density at radius 1 is 1.03 bits per heavy atom. The summed E-state index contributed by atoms with van der Waals surface area (Å²) >= 11 is 0. The minimum Gasteiger partial charge on any atom is -0.493 e. The molecule has 0 bridgehead atoms. The largest absolute Gasteiger partial charge is 0.493 e. The zero-order valence-electron chi connectivity index (χ0n) is 18.7. The molecule has 2 aliphatic heterocycles. The number of carbonyl (C=O) groups is 1. The molecule has 2 heterocycles. The summed E-state index contributed by atoms with van der Waals surface area (Å²) in [4.78, 5) is 15.4. The third-order valence-corrected chi connectivity index (χ3v) is 5.68. The van der Waals surface area contributed by atoms with Gasteiger partial charge < -0.3 is 23.7 Å². The summed E-state index contributed by atoms with van der Waals surface area (Å²) in [5.41, 5.74) is 3.11. The number of rotatable bonds is 5. The van der Waals surface area contributed by atoms with Crippen LogP contribution >= 0.6 is 0 Å². The van der Waals surface area contributed by atoms with E-state index in [0.29, 0.717) is 46.9 Å². The highest BCUT2D eigenvalue weighted by molar-refractivity contribution is 6.15. The van der Waals surface area contributed by atoms with Gasteiger partial charge >= 0.3 is 0 Å². The van der Waals surface area contributed by atoms with Gasteiger partial charge in [0.2, 0.25) is 11.5 Å². The highest BCUT2D eigenvalue weighted by Gasteiger charge is 2.34. The van der Waals surface area contributed by atoms with Crippen LogP contribution in [-0.2, 0) is 6.54 Å². The molecule has 0 radical (unpaired) electrons. The Labute approximate surface area is 182 Å². The van der Waals surface area contributed by atoms with E-state index < -0.39 is 0 Å². The van der Waals surface area contributed by atoms with E-state index in [2.05, 4.69) is 18.7 Å². The first-order chi connectivity index (χ1) is 14.9. The van der Waals surface area contributed by atoms with Gasteiger partial charge in [-0.05, 0) is 50.6 Å². The third kappa shape index (κ3) is 3.59. The molecule has 0 saturated carbocycles. The van der Waals surface area contributed by atoms with E-state index >= 15 is 0 Å². The van der Waals surface area contributed by atoms with Crippen LogP contribution in [0.5, 0.6) is 28.7 Å². The highest BCUT2D eigenvalue weighted by atomic mass is 16.5. The molecule has 4 rings (SSSR count). The number of benzene rings is 2. The molecule has 2 aromatic carbocycles. The lowest BCUT2D eigenvalue weighted by atomic mass is 9.99. The van der Waals surface area contributed by atoms with Crippen molar-refractivity contribution in [1.82, 2.24) is 4.90 Å². The molecule has 164 valence electrons. The second kappa shape index (κ2) is 8.15. The average Bonchev–Trinajstić information content (AvgIpc) is 3.08. The normalized spacial score (nSPS) is 16.6. The van der Waals surface area contributed by atoms with Gasteiger partial charge in [0.05, 0.1) is 26.9 Å². The molecule has 0 spiro atoms. The molecule has 7 nitrogen and oxygen atoms in total. The van der Waals surface area contributed by atoms with Crippen LogP contribution in [0, 0.1) is 6.92 Å². The minimum atomic E-state index is -0.156. The number of nitrogens with zero attached hydrogens (tertiary/aromatic N) is 1. The molecule has 2 aromatic rings. The van der Waals surface area contributed by atoms with Gasteiger partial charge in [-0.25, -0.2) is 0 Å². The molecule has 0 aliphatic carbocycles. The number of ether oxygens (including phenoxy) is 5. The third-order valence-electron chi connectivity index (χ3n) is 5.68. The fraction of sp³-hybridized carbons (Fsp3) is 0.375. The van der Waals surface area contributed by atoms with E-state index in [0.717, 1.165) is 23.4 Å². The summed E-state index contributed by atoms with van der Waals surface area (Å²) in [5.74, 6) is 2.95. The van der Waals surface area contributed by atoms with Gasteiger partial charge in [0, 0.05) is 23.7 Å². The van der Waals surface area contributed by atoms with E-state index in [-0.39, 0.29) is 11.5 Å². The van der Waals surface area contributed by atoms with Gasteiger partial charge in [-0.15, -0.1) is 0 Å². The van der Waals surface area contributed by atoms with Gasteiger partial charge in [0.1, 0.15) is 18.2 Å². The van der Waals surface area contributed by atoms with Crippen molar-refractivity contribution in [2.24, 2.45) is 0 Å². The standard InChI is InChI=1S/C24H27NO6/c1-13(2)25-11-16-10-17-21(26)18(31-23(17)14(3)22(16)30-12-25)7-15-8-19(27-4)24(29-6)20(9-15)28-5/h7-10,13H,11-12H2,1-6H3/b18-7-. The maximum absolute atomic E-state index is 13.2. The first-order valence-corrected chi connectivity index (χ1v) is 10.2. The first-order valence-electron chi connectivity index (χ1n) is 10.2. The van der Waals surface area contributed by atoms with Gasteiger partial charge in [-0.1, -0.05) is 0 Å². The van der Waals surface area contributed by atoms with Crippen molar-refractivity contribution in [2.75, 3.05) is 28.1 Å². The number of carbonyl (C=O) groups excluding carboxylic acids is 1. The van der Waals surface area contributed by atoms with Crippen LogP contribution < -0.4 is 23.7 Å². The molecule has 0 fully saturated rings. The van der Waals surface area contributed by atoms with E-state index in [9.17, 15) is 4.79 Å². The van der Waals surface area contributed by atoms with Crippen LogP contribution in [0.15, 0.2) is 24.0 Å². The molecular weight excluding hydrogens is 398 g/mol. The number of Topliss-reactive ketones (excluding diaryl/α,β-unsaturated/α-hetero) is 1. The van der Waals surface area contributed by atoms with Crippen molar-refractivity contribution in [3.8, 4) is 28.7 Å². The number of methoxy groups -OCH3 is 3. The number of hydrogen-bond donors (Lipinski definition) is 0. The van der Waals surface area contributed by atoms with Gasteiger partial charge in [-0.3, -0.25) is 9.69 Å². The van der Waals surface area contributed by atoms with Crippen molar-refractivity contribution in [3.05, 3.63) is 46.2 Å². The summed E-state index contributed by atoms with van der Waals surface area (Å²) < 4.78 is 28.2. The van der Waals surface area contributed by atoms with Gasteiger partial charge in [-0.2, -0.15) is 0 Å². The van der Waals surface area contributed by atoms with Crippen LogP contribution in [0.4, 0.5) is 0 Å². The van der Waals surface area contributed by atoms with Gasteiger partial charge in [0.15, 0.2) is 17.3 Å². The van der Waals surface area contributed by atoms with Crippen LogP contribution in [0.25, 0.3) is 6.08 Å². The maximum atomic E-state index is 13.2. The Hall–Kier alpha value is -3.19. The Morgan fingerprint density at radius 3 is 2.29 bits per heavy atom. The summed E-state index contributed by atoms with van der Waals surface area (Å²) in [7, 11) is 4.65. The summed E-state index contributed by atoms with van der Waals surface area (Å²) in [5, 5.41) is 0. The van der Waals surface area contributed by atoms with Crippen LogP contribution in [0.1, 0.15) is 40.9 Å². The van der Waals surface area contributed by atoms with Crippen molar-refractivity contribution >= 4 is 11.9 Å². The molecule has 0 N–H and O–H groups in total. The van der Waals surface area contributed by atoms with Crippen LogP contribution in [0.3, 0.4) is 0 Å². The second-order valence-electron chi connectivity index (χ2n) is 7.88. The Bertz CT molecular complexity index is 1050. The smallest absolute Gasteiger partial charge is 0.231 e. The number of allylic oxidation sites excluding steroid dienone is 1. The number of hydrogen-bond acceptors (Lipinski definition) is 7. The van der Waals surface area contributed by atoms with E-state index in [1.54, 1.807) is 39.5 Å². The second-order valence-corrected chi connectivity index (χ2v) is 7.88. The SMILES string of the molecule is COc1cc(/C=C2\Oc3c(cc4c(c3C)OCN(C(C)C)C4)C2=O)cc(OC)c1OC. The Balaban J connectivity index is 1.72. The first kappa shape index (κ1) is 21.1. The van der Waals surface area contributed by atoms with E-state index in [1.807, 2.05) is 13.0 Å². The topological polar surface area (TPSA) is 66.5 Å². The molecule has 2 aliphatic rings. The van der Waals surface area contributed by atoms with Crippen LogP contribution in [-0.4, -0.2) is 44.8 Å². The van der Waals surface area contributed by atoms with Crippen molar-refractivity contribution in [3.63, 3.8) is 0 Å². The fourth-order valence-electron chi connectivity index (χ4n) is 3.93. The molecule has 0 unspecified atom stereocenters. The van der Waals surface area contributed by atoms with Gasteiger partial charge in [0.25, 0.3) is 0 Å². The summed E-state index contributed by atoms with van der Waals surface area (Å²) in [6.45, 7) is 7.44. The molecule has 0 atom stereocenters. The fourth-order valence-corrected chi connectivity index (χ4v) is 3.93. The molecular formula is C24H27NO6. The number of ketones is 1. The number of fused-ring (bicyclic) bond motifs is 2. The summed E-state index contributed by atoms with van der Waals surface area (Å²) in [6, 6.07) is 5.79. The Morgan fingerprint density at radius 2 is 1.71 bits per heavy atom. The molecule has 7 heteroatoms.